The highest BCUT2D eigenvalue weighted by Crippen LogP contribution is 2.12. The van der Waals surface area contributed by atoms with Gasteiger partial charge in [-0.2, -0.15) is 0 Å². The van der Waals surface area contributed by atoms with Crippen molar-refractivity contribution in [2.75, 3.05) is 18.4 Å². The Bertz CT molecular complexity index is 769. The summed E-state index contributed by atoms with van der Waals surface area (Å²) in [4.78, 5) is 16.4. The molecule has 0 atom stereocenters. The molecule has 0 saturated carbocycles. The van der Waals surface area contributed by atoms with Crippen molar-refractivity contribution in [2.24, 2.45) is 4.99 Å². The molecule has 3 N–H and O–H groups in total. The van der Waals surface area contributed by atoms with Crippen LogP contribution in [0.4, 0.5) is 5.69 Å². The molecule has 0 unspecified atom stereocenters. The lowest BCUT2D eigenvalue weighted by atomic mass is 10.2. The molecule has 1 heterocycles. The van der Waals surface area contributed by atoms with Crippen LogP contribution in [0.5, 0.6) is 0 Å². The standard InChI is InChI=1S/C20H31N7O/c1-4-8-19(28)25-17-10-7-9-16(13-17)14-23-20(21-6-3)22-11-12-27-15-24-26-18(27)5-2/h7,9-10,13,15H,4-6,8,11-12,14H2,1-3H3,(H,25,28)(H2,21,22,23). The molecule has 0 aliphatic heterocycles. The summed E-state index contributed by atoms with van der Waals surface area (Å²) in [6, 6.07) is 7.80. The summed E-state index contributed by atoms with van der Waals surface area (Å²) in [5.41, 5.74) is 1.85. The number of aryl methyl sites for hydroxylation is 1. The Kier molecular flexibility index (Phi) is 8.97. The van der Waals surface area contributed by atoms with E-state index in [-0.39, 0.29) is 5.91 Å². The zero-order valence-electron chi connectivity index (χ0n) is 17.0. The van der Waals surface area contributed by atoms with Gasteiger partial charge in [-0.15, -0.1) is 10.2 Å². The van der Waals surface area contributed by atoms with Gasteiger partial charge >= 0.3 is 0 Å². The third-order valence-electron chi connectivity index (χ3n) is 4.11. The highest BCUT2D eigenvalue weighted by Gasteiger charge is 2.04. The summed E-state index contributed by atoms with van der Waals surface area (Å²) in [6.07, 6.45) is 3.98. The van der Waals surface area contributed by atoms with E-state index in [1.54, 1.807) is 6.33 Å². The van der Waals surface area contributed by atoms with Crippen LogP contribution in [0, 0.1) is 0 Å². The number of anilines is 1. The van der Waals surface area contributed by atoms with Crippen LogP contribution < -0.4 is 16.0 Å². The van der Waals surface area contributed by atoms with Crippen molar-refractivity contribution in [3.63, 3.8) is 0 Å². The van der Waals surface area contributed by atoms with E-state index in [0.717, 1.165) is 55.5 Å². The Morgan fingerprint density at radius 2 is 2.07 bits per heavy atom. The third kappa shape index (κ3) is 7.02. The highest BCUT2D eigenvalue weighted by atomic mass is 16.1. The number of nitrogens with zero attached hydrogens (tertiary/aromatic N) is 4. The number of carbonyl (C=O) groups excluding carboxylic acids is 1. The predicted octanol–water partition coefficient (Wildman–Crippen LogP) is 2.33. The molecule has 2 rings (SSSR count). The van der Waals surface area contributed by atoms with Gasteiger partial charge in [0.05, 0.1) is 6.54 Å². The molecule has 0 bridgehead atoms. The molecule has 8 heteroatoms. The van der Waals surface area contributed by atoms with Crippen molar-refractivity contribution < 1.29 is 4.79 Å². The van der Waals surface area contributed by atoms with Gasteiger partial charge in [0.15, 0.2) is 5.96 Å². The van der Waals surface area contributed by atoms with E-state index in [2.05, 4.69) is 38.1 Å². The average molecular weight is 386 g/mol. The van der Waals surface area contributed by atoms with Crippen molar-refractivity contribution in [1.29, 1.82) is 0 Å². The molecule has 1 aromatic heterocycles. The largest absolute Gasteiger partial charge is 0.357 e. The number of aliphatic imine (C=N–C) groups is 1. The smallest absolute Gasteiger partial charge is 0.224 e. The molecular formula is C20H31N7O. The lowest BCUT2D eigenvalue weighted by Crippen LogP contribution is -2.38. The van der Waals surface area contributed by atoms with Crippen LogP contribution in [0.15, 0.2) is 35.6 Å². The molecule has 0 fully saturated rings. The van der Waals surface area contributed by atoms with Gasteiger partial charge in [-0.25, -0.2) is 4.99 Å². The Morgan fingerprint density at radius 1 is 1.21 bits per heavy atom. The number of hydrogen-bond donors (Lipinski definition) is 3. The summed E-state index contributed by atoms with van der Waals surface area (Å²) in [6.45, 7) is 8.91. The van der Waals surface area contributed by atoms with Gasteiger partial charge in [0.25, 0.3) is 0 Å². The van der Waals surface area contributed by atoms with Crippen LogP contribution >= 0.6 is 0 Å². The Morgan fingerprint density at radius 3 is 2.82 bits per heavy atom. The fourth-order valence-electron chi connectivity index (χ4n) is 2.74. The third-order valence-corrected chi connectivity index (χ3v) is 4.11. The van der Waals surface area contributed by atoms with Crippen molar-refractivity contribution in [3.8, 4) is 0 Å². The van der Waals surface area contributed by atoms with Crippen molar-refractivity contribution in [3.05, 3.63) is 42.0 Å². The van der Waals surface area contributed by atoms with Gasteiger partial charge in [0.1, 0.15) is 12.2 Å². The first-order valence-electron chi connectivity index (χ1n) is 9.93. The SMILES string of the molecule is CCCC(=O)Nc1cccc(CN=C(NCC)NCCn2cnnc2CC)c1. The summed E-state index contributed by atoms with van der Waals surface area (Å²) in [5.74, 6) is 1.78. The number of aromatic nitrogens is 3. The van der Waals surface area contributed by atoms with Gasteiger partial charge in [-0.3, -0.25) is 4.79 Å². The van der Waals surface area contributed by atoms with Crippen molar-refractivity contribution >= 4 is 17.6 Å². The number of nitrogens with one attached hydrogen (secondary N) is 3. The van der Waals surface area contributed by atoms with E-state index >= 15 is 0 Å². The Labute approximate surface area is 166 Å². The summed E-state index contributed by atoms with van der Waals surface area (Å²) >= 11 is 0. The first-order valence-corrected chi connectivity index (χ1v) is 9.93. The lowest BCUT2D eigenvalue weighted by Gasteiger charge is -2.12. The molecule has 1 aromatic carbocycles. The summed E-state index contributed by atoms with van der Waals surface area (Å²) < 4.78 is 2.04. The fraction of sp³-hybridized carbons (Fsp3) is 0.500. The van der Waals surface area contributed by atoms with E-state index in [1.165, 1.54) is 0 Å². The Hall–Kier alpha value is -2.90. The van der Waals surface area contributed by atoms with Crippen LogP contribution in [-0.2, 0) is 24.3 Å². The highest BCUT2D eigenvalue weighted by molar-refractivity contribution is 5.90. The number of benzene rings is 1. The van der Waals surface area contributed by atoms with Crippen LogP contribution in [-0.4, -0.2) is 39.7 Å². The molecule has 28 heavy (non-hydrogen) atoms. The van der Waals surface area contributed by atoms with Crippen LogP contribution in [0.25, 0.3) is 0 Å². The maximum absolute atomic E-state index is 11.8. The second-order valence-electron chi connectivity index (χ2n) is 6.41. The molecule has 0 aliphatic rings. The number of amides is 1. The van der Waals surface area contributed by atoms with E-state index < -0.39 is 0 Å². The maximum atomic E-state index is 11.8. The van der Waals surface area contributed by atoms with Gasteiger partial charge in [-0.05, 0) is 31.0 Å². The number of guanidine groups is 1. The number of rotatable bonds is 10. The van der Waals surface area contributed by atoms with E-state index in [4.69, 9.17) is 0 Å². The molecule has 1 amide bonds. The van der Waals surface area contributed by atoms with Crippen molar-refractivity contribution in [2.45, 2.75) is 53.1 Å². The van der Waals surface area contributed by atoms with Gasteiger partial charge in [-0.1, -0.05) is 26.0 Å². The minimum absolute atomic E-state index is 0.0404. The topological polar surface area (TPSA) is 96.2 Å². The van der Waals surface area contributed by atoms with E-state index in [0.29, 0.717) is 13.0 Å². The van der Waals surface area contributed by atoms with Crippen LogP contribution in [0.2, 0.25) is 0 Å². The molecule has 0 aliphatic carbocycles. The second-order valence-corrected chi connectivity index (χ2v) is 6.41. The average Bonchev–Trinajstić information content (AvgIpc) is 3.14. The van der Waals surface area contributed by atoms with E-state index in [1.807, 2.05) is 42.7 Å². The summed E-state index contributed by atoms with van der Waals surface area (Å²) in [5, 5.41) is 17.6. The molecule has 152 valence electrons. The minimum Gasteiger partial charge on any atom is -0.357 e. The van der Waals surface area contributed by atoms with Crippen molar-refractivity contribution in [1.82, 2.24) is 25.4 Å². The first kappa shape index (κ1) is 21.4. The monoisotopic (exact) mass is 385 g/mol. The lowest BCUT2D eigenvalue weighted by molar-refractivity contribution is -0.116. The van der Waals surface area contributed by atoms with E-state index in [9.17, 15) is 4.79 Å². The molecule has 2 aromatic rings. The zero-order valence-corrected chi connectivity index (χ0v) is 17.0. The normalized spacial score (nSPS) is 11.3. The van der Waals surface area contributed by atoms with Crippen LogP contribution in [0.1, 0.15) is 45.0 Å². The molecule has 8 nitrogen and oxygen atoms in total. The predicted molar refractivity (Wildman–Crippen MR) is 112 cm³/mol. The molecule has 0 radical (unpaired) electrons. The molecular weight excluding hydrogens is 354 g/mol. The zero-order chi connectivity index (χ0) is 20.2. The summed E-state index contributed by atoms with van der Waals surface area (Å²) in [7, 11) is 0. The molecule has 0 spiro atoms. The Balaban J connectivity index is 1.91. The second kappa shape index (κ2) is 11.7. The molecule has 0 saturated heterocycles. The maximum Gasteiger partial charge on any atom is 0.224 e. The minimum atomic E-state index is 0.0404. The number of hydrogen-bond acceptors (Lipinski definition) is 4. The number of carbonyl (C=O) groups is 1. The quantitative estimate of drug-likeness (QED) is 0.431. The first-order chi connectivity index (χ1) is 13.7. The van der Waals surface area contributed by atoms with Gasteiger partial charge in [0, 0.05) is 38.2 Å². The van der Waals surface area contributed by atoms with Gasteiger partial charge < -0.3 is 20.5 Å². The van der Waals surface area contributed by atoms with Crippen LogP contribution in [0.3, 0.4) is 0 Å². The van der Waals surface area contributed by atoms with Gasteiger partial charge in [0.2, 0.25) is 5.91 Å². The fourth-order valence-corrected chi connectivity index (χ4v) is 2.74.